The van der Waals surface area contributed by atoms with E-state index in [1.54, 1.807) is 12.1 Å². The van der Waals surface area contributed by atoms with Gasteiger partial charge < -0.3 is 23.5 Å². The number of aliphatic hydroxyl groups is 1. The average molecular weight is 296 g/mol. The van der Waals surface area contributed by atoms with Crippen molar-refractivity contribution in [2.75, 3.05) is 39.4 Å². The fourth-order valence-electron chi connectivity index (χ4n) is 3.19. The zero-order chi connectivity index (χ0) is 14.9. The number of esters is 1. The normalized spacial score (nSPS) is 27.4. The van der Waals surface area contributed by atoms with Gasteiger partial charge in [0.25, 0.3) is 0 Å². The molecule has 2 aliphatic rings. The van der Waals surface area contributed by atoms with E-state index in [0.717, 1.165) is 50.3 Å². The van der Waals surface area contributed by atoms with Crippen molar-refractivity contribution in [2.24, 2.45) is 0 Å². The predicted octanol–water partition coefficient (Wildman–Crippen LogP) is 0.650. The Labute approximate surface area is 123 Å². The van der Waals surface area contributed by atoms with Gasteiger partial charge in [-0.05, 0) is 19.1 Å². The van der Waals surface area contributed by atoms with Crippen molar-refractivity contribution >= 4 is 5.97 Å². The molecular weight excluding hydrogens is 274 g/mol. The summed E-state index contributed by atoms with van der Waals surface area (Å²) in [4.78, 5) is 12.2. The summed E-state index contributed by atoms with van der Waals surface area (Å²) >= 11 is 0. The van der Waals surface area contributed by atoms with Crippen LogP contribution in [0.15, 0.2) is 22.8 Å². The molecule has 3 heterocycles. The first kappa shape index (κ1) is 14.6. The van der Waals surface area contributed by atoms with E-state index in [4.69, 9.17) is 13.9 Å². The first-order valence-electron chi connectivity index (χ1n) is 7.42. The van der Waals surface area contributed by atoms with Crippen LogP contribution in [0.2, 0.25) is 0 Å². The van der Waals surface area contributed by atoms with E-state index < -0.39 is 11.6 Å². The largest absolute Gasteiger partial charge is 0.466 e. The monoisotopic (exact) mass is 296 g/mol. The van der Waals surface area contributed by atoms with Crippen LogP contribution in [-0.4, -0.2) is 61.1 Å². The van der Waals surface area contributed by atoms with E-state index >= 15 is 0 Å². The molecule has 0 aliphatic carbocycles. The highest BCUT2D eigenvalue weighted by Gasteiger charge is 2.44. The van der Waals surface area contributed by atoms with Crippen molar-refractivity contribution < 1.29 is 28.3 Å². The van der Waals surface area contributed by atoms with Gasteiger partial charge in [0.1, 0.15) is 25.4 Å². The molecule has 6 heteroatoms. The molecule has 0 saturated carbocycles. The third kappa shape index (κ3) is 2.84. The summed E-state index contributed by atoms with van der Waals surface area (Å²) in [5.41, 5.74) is -1.73. The molecule has 2 fully saturated rings. The molecule has 2 atom stereocenters. The van der Waals surface area contributed by atoms with E-state index in [2.05, 4.69) is 0 Å². The molecule has 2 saturated heterocycles. The fourth-order valence-corrected chi connectivity index (χ4v) is 3.19. The first-order valence-corrected chi connectivity index (χ1v) is 7.42. The zero-order valence-corrected chi connectivity index (χ0v) is 12.3. The van der Waals surface area contributed by atoms with Crippen LogP contribution in [0.25, 0.3) is 0 Å². The second kappa shape index (κ2) is 5.44. The minimum absolute atomic E-state index is 0.142. The number of ether oxygens (including phenoxy) is 2. The Balaban J connectivity index is 1.61. The third-order valence-corrected chi connectivity index (χ3v) is 4.61. The Morgan fingerprint density at radius 3 is 2.86 bits per heavy atom. The topological polar surface area (TPSA) is 68.9 Å². The van der Waals surface area contributed by atoms with Gasteiger partial charge in [-0.15, -0.1) is 0 Å². The lowest BCUT2D eigenvalue weighted by molar-refractivity contribution is -0.925. The van der Waals surface area contributed by atoms with Gasteiger partial charge in [0.15, 0.2) is 6.10 Å². The van der Waals surface area contributed by atoms with Crippen LogP contribution in [0.5, 0.6) is 0 Å². The standard InChI is InChI=1S/C15H22NO5/c1-15(18,13-3-2-8-20-13)14(17)21-12-4-5-16(11-12)6-9-19-10-7-16/h2-3,8,12,18H,4-7,9-11H2,1H3/q+1. The fraction of sp³-hybridized carbons (Fsp3) is 0.667. The summed E-state index contributed by atoms with van der Waals surface area (Å²) in [7, 11) is 0. The van der Waals surface area contributed by atoms with Gasteiger partial charge >= 0.3 is 5.97 Å². The number of hydrogen-bond donors (Lipinski definition) is 1. The number of furan rings is 1. The molecule has 2 aliphatic heterocycles. The quantitative estimate of drug-likeness (QED) is 0.655. The Bertz CT molecular complexity index is 490. The third-order valence-electron chi connectivity index (χ3n) is 4.61. The molecular formula is C15H22NO5+. The van der Waals surface area contributed by atoms with Gasteiger partial charge in [-0.3, -0.25) is 0 Å². The van der Waals surface area contributed by atoms with Crippen LogP contribution in [0.4, 0.5) is 0 Å². The molecule has 21 heavy (non-hydrogen) atoms. The summed E-state index contributed by atoms with van der Waals surface area (Å²) in [5.74, 6) is -0.434. The highest BCUT2D eigenvalue weighted by molar-refractivity contribution is 5.79. The van der Waals surface area contributed by atoms with Crippen LogP contribution in [0, 0.1) is 0 Å². The lowest BCUT2D eigenvalue weighted by Gasteiger charge is -2.37. The van der Waals surface area contributed by atoms with Crippen molar-refractivity contribution in [2.45, 2.75) is 25.0 Å². The summed E-state index contributed by atoms with van der Waals surface area (Å²) in [6.45, 7) is 6.70. The second-order valence-corrected chi connectivity index (χ2v) is 6.17. The zero-order valence-electron chi connectivity index (χ0n) is 12.3. The Morgan fingerprint density at radius 1 is 1.43 bits per heavy atom. The lowest BCUT2D eigenvalue weighted by Crippen LogP contribution is -2.54. The average Bonchev–Trinajstić information content (AvgIpc) is 3.11. The van der Waals surface area contributed by atoms with Crippen molar-refractivity contribution in [3.05, 3.63) is 24.2 Å². The maximum Gasteiger partial charge on any atom is 0.346 e. The second-order valence-electron chi connectivity index (χ2n) is 6.17. The van der Waals surface area contributed by atoms with Crippen LogP contribution >= 0.6 is 0 Å². The molecule has 0 bridgehead atoms. The molecule has 3 rings (SSSR count). The number of hydrogen-bond acceptors (Lipinski definition) is 5. The number of carbonyl (C=O) groups is 1. The highest BCUT2D eigenvalue weighted by Crippen LogP contribution is 2.28. The number of quaternary nitrogens is 1. The van der Waals surface area contributed by atoms with Gasteiger partial charge in [0.05, 0.1) is 26.0 Å². The van der Waals surface area contributed by atoms with E-state index in [1.807, 2.05) is 0 Å². The molecule has 0 aromatic carbocycles. The first-order chi connectivity index (χ1) is 10.0. The lowest BCUT2D eigenvalue weighted by atomic mass is 10.0. The van der Waals surface area contributed by atoms with Crippen molar-refractivity contribution in [3.63, 3.8) is 0 Å². The van der Waals surface area contributed by atoms with Crippen LogP contribution in [0.1, 0.15) is 19.1 Å². The summed E-state index contributed by atoms with van der Waals surface area (Å²) < 4.78 is 17.0. The molecule has 1 aromatic heterocycles. The summed E-state index contributed by atoms with van der Waals surface area (Å²) in [6.07, 6.45) is 2.12. The molecule has 6 nitrogen and oxygen atoms in total. The highest BCUT2D eigenvalue weighted by atomic mass is 16.6. The summed E-state index contributed by atoms with van der Waals surface area (Å²) in [6, 6.07) is 3.21. The molecule has 1 aromatic rings. The SMILES string of the molecule is CC(O)(C(=O)OC1CC[N+]2(CCOCC2)C1)c1ccco1. The minimum atomic E-state index is -1.73. The Kier molecular flexibility index (Phi) is 3.77. The smallest absolute Gasteiger partial charge is 0.346 e. The van der Waals surface area contributed by atoms with Crippen LogP contribution < -0.4 is 0 Å². The van der Waals surface area contributed by atoms with Crippen molar-refractivity contribution in [1.82, 2.24) is 0 Å². The Hall–Kier alpha value is -1.37. The van der Waals surface area contributed by atoms with E-state index in [0.29, 0.717) is 0 Å². The van der Waals surface area contributed by atoms with Crippen molar-refractivity contribution in [3.8, 4) is 0 Å². The van der Waals surface area contributed by atoms with E-state index in [-0.39, 0.29) is 11.9 Å². The maximum atomic E-state index is 12.2. The van der Waals surface area contributed by atoms with Gasteiger partial charge in [-0.25, -0.2) is 4.79 Å². The summed E-state index contributed by atoms with van der Waals surface area (Å²) in [5, 5.41) is 10.3. The van der Waals surface area contributed by atoms with Gasteiger partial charge in [-0.2, -0.15) is 0 Å². The van der Waals surface area contributed by atoms with Crippen LogP contribution in [-0.2, 0) is 19.9 Å². The molecule has 1 N–H and O–H groups in total. The molecule has 116 valence electrons. The molecule has 0 amide bonds. The predicted molar refractivity (Wildman–Crippen MR) is 73.3 cm³/mol. The van der Waals surface area contributed by atoms with Crippen molar-refractivity contribution in [1.29, 1.82) is 0 Å². The number of morpholine rings is 1. The number of rotatable bonds is 3. The van der Waals surface area contributed by atoms with Crippen LogP contribution in [0.3, 0.4) is 0 Å². The number of nitrogens with zero attached hydrogens (tertiary/aromatic N) is 1. The van der Waals surface area contributed by atoms with Gasteiger partial charge in [0, 0.05) is 6.42 Å². The molecule has 0 radical (unpaired) electrons. The maximum absolute atomic E-state index is 12.2. The number of carbonyl (C=O) groups excluding carboxylic acids is 1. The molecule has 1 spiro atoms. The molecule has 2 unspecified atom stereocenters. The van der Waals surface area contributed by atoms with Gasteiger partial charge in [0.2, 0.25) is 5.60 Å². The van der Waals surface area contributed by atoms with Gasteiger partial charge in [-0.1, -0.05) is 0 Å². The minimum Gasteiger partial charge on any atom is -0.466 e. The van der Waals surface area contributed by atoms with E-state index in [9.17, 15) is 9.90 Å². The van der Waals surface area contributed by atoms with E-state index in [1.165, 1.54) is 13.2 Å². The Morgan fingerprint density at radius 2 is 2.19 bits per heavy atom.